The number of ether oxygens (including phenoxy) is 2. The molecule has 1 aromatic heterocycles. The highest BCUT2D eigenvalue weighted by atomic mass is 16.7. The Hall–Kier alpha value is -4.30. The third-order valence-electron chi connectivity index (χ3n) is 7.99. The monoisotopic (exact) mass is 561 g/mol. The molecule has 1 saturated heterocycles. The molecule has 42 heavy (non-hydrogen) atoms. The van der Waals surface area contributed by atoms with Crippen LogP contribution >= 0.6 is 0 Å². The predicted octanol–water partition coefficient (Wildman–Crippen LogP) is 6.32. The highest BCUT2D eigenvalue weighted by Gasteiger charge is 2.38. The molecular formula is C35H35N3O4. The lowest BCUT2D eigenvalue weighted by molar-refractivity contribution is -0.276. The molecule has 7 heteroatoms. The van der Waals surface area contributed by atoms with Crippen LogP contribution in [0.4, 0.5) is 0 Å². The third-order valence-corrected chi connectivity index (χ3v) is 7.99. The van der Waals surface area contributed by atoms with Crippen molar-refractivity contribution in [2.75, 3.05) is 0 Å². The van der Waals surface area contributed by atoms with Crippen LogP contribution in [0, 0.1) is 5.92 Å². The molecule has 2 N–H and O–H groups in total. The molecule has 2 heterocycles. The van der Waals surface area contributed by atoms with E-state index in [2.05, 4.69) is 52.1 Å². The number of aliphatic hydroxyl groups is 1. The fourth-order valence-electron chi connectivity index (χ4n) is 5.63. The van der Waals surface area contributed by atoms with E-state index in [9.17, 15) is 9.90 Å². The van der Waals surface area contributed by atoms with Crippen LogP contribution in [-0.4, -0.2) is 26.7 Å². The first-order valence-corrected chi connectivity index (χ1v) is 14.3. The van der Waals surface area contributed by atoms with Crippen molar-refractivity contribution < 1.29 is 19.4 Å². The second-order valence-electron chi connectivity index (χ2n) is 10.9. The first kappa shape index (κ1) is 27.8. The smallest absolute Gasteiger partial charge is 0.217 e. The molecule has 4 atom stereocenters. The highest BCUT2D eigenvalue weighted by Crippen LogP contribution is 2.43. The van der Waals surface area contributed by atoms with E-state index in [0.29, 0.717) is 13.1 Å². The van der Waals surface area contributed by atoms with Gasteiger partial charge < -0.3 is 24.5 Å². The number of carbonyl (C=O) groups excluding carboxylic acids is 1. The molecule has 4 unspecified atom stereocenters. The van der Waals surface area contributed by atoms with Gasteiger partial charge >= 0.3 is 0 Å². The van der Waals surface area contributed by atoms with Gasteiger partial charge in [0.2, 0.25) is 5.91 Å². The predicted molar refractivity (Wildman–Crippen MR) is 162 cm³/mol. The number of amides is 1. The van der Waals surface area contributed by atoms with Gasteiger partial charge in [0.15, 0.2) is 6.29 Å². The van der Waals surface area contributed by atoms with Crippen molar-refractivity contribution in [3.05, 3.63) is 126 Å². The summed E-state index contributed by atoms with van der Waals surface area (Å²) in [5.74, 6) is -0.00180. The zero-order valence-electron chi connectivity index (χ0n) is 23.8. The van der Waals surface area contributed by atoms with Gasteiger partial charge in [0, 0.05) is 24.9 Å². The van der Waals surface area contributed by atoms with Gasteiger partial charge in [-0.25, -0.2) is 4.98 Å². The second kappa shape index (κ2) is 12.3. The Bertz CT molecular complexity index is 1680. The number of carbonyl (C=O) groups is 1. The lowest BCUT2D eigenvalue weighted by atomic mass is 9.90. The van der Waals surface area contributed by atoms with Crippen LogP contribution < -0.4 is 5.32 Å². The SMILES string of the molecule is CC(=O)NCc1cccc(-c2cccc(C3OC(Cn4cnc5ccccc54)C(C)C(c4ccc(CO)cc4)O3)c2)c1. The molecule has 1 fully saturated rings. The van der Waals surface area contributed by atoms with E-state index in [1.165, 1.54) is 6.92 Å². The topological polar surface area (TPSA) is 85.6 Å². The Labute approximate surface area is 245 Å². The molecule has 0 aliphatic carbocycles. The third kappa shape index (κ3) is 5.99. The molecule has 6 rings (SSSR count). The van der Waals surface area contributed by atoms with Crippen LogP contribution in [0.3, 0.4) is 0 Å². The summed E-state index contributed by atoms with van der Waals surface area (Å²) in [7, 11) is 0. The van der Waals surface area contributed by atoms with E-state index in [1.807, 2.05) is 73.1 Å². The number of benzene rings is 4. The zero-order valence-corrected chi connectivity index (χ0v) is 23.8. The number of hydrogen-bond donors (Lipinski definition) is 2. The van der Waals surface area contributed by atoms with Crippen LogP contribution in [0.5, 0.6) is 0 Å². The average molecular weight is 562 g/mol. The number of aromatic nitrogens is 2. The van der Waals surface area contributed by atoms with Crippen molar-refractivity contribution in [3.63, 3.8) is 0 Å². The molecule has 214 valence electrons. The zero-order chi connectivity index (χ0) is 29.1. The van der Waals surface area contributed by atoms with Crippen molar-refractivity contribution in [2.45, 2.75) is 52.0 Å². The molecule has 7 nitrogen and oxygen atoms in total. The minimum atomic E-state index is -0.578. The number of imidazole rings is 1. The fourth-order valence-corrected chi connectivity index (χ4v) is 5.63. The lowest BCUT2D eigenvalue weighted by Gasteiger charge is -2.41. The summed E-state index contributed by atoms with van der Waals surface area (Å²) in [6.07, 6.45) is 0.950. The Morgan fingerprint density at radius 3 is 2.43 bits per heavy atom. The van der Waals surface area contributed by atoms with E-state index in [-0.39, 0.29) is 30.6 Å². The van der Waals surface area contributed by atoms with Crippen molar-refractivity contribution in [3.8, 4) is 11.1 Å². The summed E-state index contributed by atoms with van der Waals surface area (Å²) < 4.78 is 15.6. The van der Waals surface area contributed by atoms with Gasteiger partial charge in [-0.1, -0.05) is 79.7 Å². The van der Waals surface area contributed by atoms with Gasteiger partial charge in [-0.05, 0) is 52.1 Å². The largest absolute Gasteiger partial charge is 0.392 e. The van der Waals surface area contributed by atoms with Gasteiger partial charge in [-0.3, -0.25) is 4.79 Å². The first-order valence-electron chi connectivity index (χ1n) is 14.3. The van der Waals surface area contributed by atoms with Crippen molar-refractivity contribution in [1.29, 1.82) is 0 Å². The fraction of sp³-hybridized carbons (Fsp3) is 0.257. The minimum Gasteiger partial charge on any atom is -0.392 e. The first-order chi connectivity index (χ1) is 20.5. The van der Waals surface area contributed by atoms with Crippen LogP contribution in [-0.2, 0) is 34.0 Å². The molecule has 5 aromatic rings. The standard InChI is InChI=1S/C35H35N3O4/c1-23-33(20-38-22-37-31-11-3-4-12-32(31)38)41-35(42-34(23)27-15-13-25(21-39)14-16-27)30-10-6-9-29(18-30)28-8-5-7-26(17-28)19-36-24(2)40/h3-18,22-23,33-35,39H,19-21H2,1-2H3,(H,36,40). The van der Waals surface area contributed by atoms with Crippen molar-refractivity contribution >= 4 is 16.9 Å². The number of nitrogens with one attached hydrogen (secondary N) is 1. The molecule has 0 bridgehead atoms. The minimum absolute atomic E-state index is 0.00221. The van der Waals surface area contributed by atoms with Crippen LogP contribution in [0.1, 0.15) is 48.5 Å². The summed E-state index contributed by atoms with van der Waals surface area (Å²) in [4.78, 5) is 16.0. The normalized spacial score (nSPS) is 20.5. The quantitative estimate of drug-likeness (QED) is 0.232. The van der Waals surface area contributed by atoms with Crippen molar-refractivity contribution in [2.24, 2.45) is 5.92 Å². The molecule has 1 aliphatic heterocycles. The summed E-state index contributed by atoms with van der Waals surface area (Å²) >= 11 is 0. The molecule has 0 radical (unpaired) electrons. The average Bonchev–Trinajstić information content (AvgIpc) is 3.44. The molecule has 4 aromatic carbocycles. The summed E-state index contributed by atoms with van der Waals surface area (Å²) in [6, 6.07) is 32.5. The van der Waals surface area contributed by atoms with E-state index >= 15 is 0 Å². The van der Waals surface area contributed by atoms with E-state index in [0.717, 1.165) is 44.4 Å². The Morgan fingerprint density at radius 2 is 1.64 bits per heavy atom. The molecule has 1 aliphatic rings. The Morgan fingerprint density at radius 1 is 0.881 bits per heavy atom. The van der Waals surface area contributed by atoms with Crippen LogP contribution in [0.25, 0.3) is 22.2 Å². The second-order valence-corrected chi connectivity index (χ2v) is 10.9. The lowest BCUT2D eigenvalue weighted by Crippen LogP contribution is -2.39. The van der Waals surface area contributed by atoms with Gasteiger partial charge in [-0.15, -0.1) is 0 Å². The molecule has 0 spiro atoms. The number of rotatable bonds is 8. The highest BCUT2D eigenvalue weighted by molar-refractivity contribution is 5.75. The van der Waals surface area contributed by atoms with E-state index in [4.69, 9.17) is 9.47 Å². The van der Waals surface area contributed by atoms with Gasteiger partial charge in [0.25, 0.3) is 0 Å². The number of fused-ring (bicyclic) bond motifs is 1. The number of aliphatic hydroxyl groups excluding tert-OH is 1. The summed E-state index contributed by atoms with van der Waals surface area (Å²) in [5.41, 5.74) is 8.01. The molecule has 1 amide bonds. The van der Waals surface area contributed by atoms with E-state index in [1.54, 1.807) is 0 Å². The molecule has 0 saturated carbocycles. The maximum atomic E-state index is 11.4. The summed E-state index contributed by atoms with van der Waals surface area (Å²) in [5, 5.41) is 12.4. The van der Waals surface area contributed by atoms with Crippen molar-refractivity contribution in [1.82, 2.24) is 14.9 Å². The Balaban J connectivity index is 1.32. The van der Waals surface area contributed by atoms with Gasteiger partial charge in [0.1, 0.15) is 0 Å². The van der Waals surface area contributed by atoms with Gasteiger partial charge in [-0.2, -0.15) is 0 Å². The number of para-hydroxylation sites is 2. The Kier molecular flexibility index (Phi) is 8.15. The maximum absolute atomic E-state index is 11.4. The number of hydrogen-bond acceptors (Lipinski definition) is 5. The number of nitrogens with zero attached hydrogens (tertiary/aromatic N) is 2. The van der Waals surface area contributed by atoms with E-state index < -0.39 is 6.29 Å². The molecular weight excluding hydrogens is 526 g/mol. The maximum Gasteiger partial charge on any atom is 0.217 e. The van der Waals surface area contributed by atoms with Crippen LogP contribution in [0.15, 0.2) is 103 Å². The van der Waals surface area contributed by atoms with Gasteiger partial charge in [0.05, 0.1) is 42.7 Å². The van der Waals surface area contributed by atoms with Crippen LogP contribution in [0.2, 0.25) is 0 Å². The summed E-state index contributed by atoms with van der Waals surface area (Å²) in [6.45, 7) is 4.81.